The minimum absolute atomic E-state index is 0.165. The Morgan fingerprint density at radius 1 is 1.31 bits per heavy atom. The number of primary amides is 1. The van der Waals surface area contributed by atoms with Gasteiger partial charge in [0.1, 0.15) is 0 Å². The lowest BCUT2D eigenvalue weighted by atomic mass is 9.95. The van der Waals surface area contributed by atoms with Crippen molar-refractivity contribution >= 4 is 17.8 Å². The smallest absolute Gasteiger partial charge is 0.307 e. The van der Waals surface area contributed by atoms with Crippen LogP contribution in [0.25, 0.3) is 0 Å². The molecule has 2 amide bonds. The van der Waals surface area contributed by atoms with Gasteiger partial charge in [-0.1, -0.05) is 6.42 Å². The second-order valence-electron chi connectivity index (χ2n) is 4.14. The number of likely N-dealkylation sites (N-methyl/N-ethyl adjacent to an activating group) is 1. The van der Waals surface area contributed by atoms with Gasteiger partial charge in [-0.3, -0.25) is 14.4 Å². The Hall–Kier alpha value is -1.59. The highest BCUT2D eigenvalue weighted by Gasteiger charge is 2.39. The summed E-state index contributed by atoms with van der Waals surface area (Å²) in [4.78, 5) is 34.6. The Morgan fingerprint density at radius 2 is 1.88 bits per heavy atom. The zero-order valence-electron chi connectivity index (χ0n) is 9.18. The summed E-state index contributed by atoms with van der Waals surface area (Å²) in [5.41, 5.74) is 4.98. The maximum Gasteiger partial charge on any atom is 0.307 e. The van der Waals surface area contributed by atoms with Crippen LogP contribution in [-0.4, -0.2) is 41.4 Å². The van der Waals surface area contributed by atoms with Crippen molar-refractivity contribution in [2.24, 2.45) is 17.6 Å². The molecule has 0 aliphatic heterocycles. The van der Waals surface area contributed by atoms with Crippen molar-refractivity contribution in [1.82, 2.24) is 4.90 Å². The first-order valence-electron chi connectivity index (χ1n) is 5.19. The minimum Gasteiger partial charge on any atom is -0.481 e. The fraction of sp³-hybridized carbons (Fsp3) is 0.700. The Balaban J connectivity index is 2.65. The lowest BCUT2D eigenvalue weighted by molar-refractivity contribution is -0.149. The van der Waals surface area contributed by atoms with Gasteiger partial charge in [-0.15, -0.1) is 0 Å². The molecule has 1 aliphatic carbocycles. The first-order valence-corrected chi connectivity index (χ1v) is 5.19. The topological polar surface area (TPSA) is 101 Å². The minimum atomic E-state index is -0.941. The van der Waals surface area contributed by atoms with Crippen LogP contribution in [0, 0.1) is 11.8 Å². The maximum absolute atomic E-state index is 11.9. The predicted octanol–water partition coefficient (Wildman–Crippen LogP) is -0.569. The van der Waals surface area contributed by atoms with Crippen LogP contribution < -0.4 is 5.73 Å². The lowest BCUT2D eigenvalue weighted by Gasteiger charge is -2.22. The van der Waals surface area contributed by atoms with Gasteiger partial charge in [-0.2, -0.15) is 0 Å². The van der Waals surface area contributed by atoms with E-state index in [1.807, 2.05) is 0 Å². The molecular formula is C10H16N2O4. The van der Waals surface area contributed by atoms with Crippen molar-refractivity contribution in [3.63, 3.8) is 0 Å². The number of carboxylic acids is 1. The fourth-order valence-corrected chi connectivity index (χ4v) is 2.15. The van der Waals surface area contributed by atoms with E-state index in [9.17, 15) is 14.4 Å². The third kappa shape index (κ3) is 2.71. The summed E-state index contributed by atoms with van der Waals surface area (Å²) in [5.74, 6) is -2.97. The maximum atomic E-state index is 11.9. The standard InChI is InChI=1S/C10H16N2O4/c1-12(5-8(11)13)9(14)6-3-2-4-7(6)10(15)16/h6-7H,2-5H2,1H3,(H2,11,13)(H,15,16)/t6-,7+/m1/s1. The second-order valence-corrected chi connectivity index (χ2v) is 4.14. The van der Waals surface area contributed by atoms with Crippen LogP contribution in [0.1, 0.15) is 19.3 Å². The number of hydrogen-bond donors (Lipinski definition) is 2. The van der Waals surface area contributed by atoms with E-state index in [2.05, 4.69) is 0 Å². The van der Waals surface area contributed by atoms with Gasteiger partial charge in [0.25, 0.3) is 0 Å². The monoisotopic (exact) mass is 228 g/mol. The van der Waals surface area contributed by atoms with E-state index in [1.165, 1.54) is 11.9 Å². The van der Waals surface area contributed by atoms with Crippen molar-refractivity contribution in [2.75, 3.05) is 13.6 Å². The van der Waals surface area contributed by atoms with Crippen LogP contribution in [-0.2, 0) is 14.4 Å². The van der Waals surface area contributed by atoms with Gasteiger partial charge in [0.05, 0.1) is 18.4 Å². The Kier molecular flexibility index (Phi) is 3.87. The summed E-state index contributed by atoms with van der Waals surface area (Å²) in [6.07, 6.45) is 1.83. The molecule has 6 nitrogen and oxygen atoms in total. The summed E-state index contributed by atoms with van der Waals surface area (Å²) < 4.78 is 0. The molecule has 2 atom stereocenters. The van der Waals surface area contributed by atoms with Gasteiger partial charge in [-0.05, 0) is 12.8 Å². The number of nitrogens with two attached hydrogens (primary N) is 1. The lowest BCUT2D eigenvalue weighted by Crippen LogP contribution is -2.41. The first kappa shape index (κ1) is 12.5. The molecule has 16 heavy (non-hydrogen) atoms. The number of carbonyl (C=O) groups excluding carboxylic acids is 2. The number of nitrogens with zero attached hydrogens (tertiary/aromatic N) is 1. The van der Waals surface area contributed by atoms with Gasteiger partial charge in [0.15, 0.2) is 0 Å². The molecule has 3 N–H and O–H groups in total. The summed E-state index contributed by atoms with van der Waals surface area (Å²) in [5, 5.41) is 8.93. The number of aliphatic carboxylic acids is 1. The summed E-state index contributed by atoms with van der Waals surface area (Å²) in [6, 6.07) is 0. The number of carboxylic acid groups (broad SMARTS) is 1. The number of carbonyl (C=O) groups is 3. The fourth-order valence-electron chi connectivity index (χ4n) is 2.15. The third-order valence-corrected chi connectivity index (χ3v) is 2.92. The van der Waals surface area contributed by atoms with Crippen molar-refractivity contribution < 1.29 is 19.5 Å². The molecule has 0 heterocycles. The predicted molar refractivity (Wildman–Crippen MR) is 55.3 cm³/mol. The zero-order chi connectivity index (χ0) is 12.3. The Bertz CT molecular complexity index is 316. The summed E-state index contributed by atoms with van der Waals surface area (Å²) >= 11 is 0. The summed E-state index contributed by atoms with van der Waals surface area (Å²) in [7, 11) is 1.46. The molecule has 6 heteroatoms. The quantitative estimate of drug-likeness (QED) is 0.672. The summed E-state index contributed by atoms with van der Waals surface area (Å²) in [6.45, 7) is -0.165. The van der Waals surface area contributed by atoms with Gasteiger partial charge in [-0.25, -0.2) is 0 Å². The van der Waals surface area contributed by atoms with Crippen LogP contribution in [0.3, 0.4) is 0 Å². The Labute approximate surface area is 93.4 Å². The molecule has 90 valence electrons. The molecule has 0 unspecified atom stereocenters. The van der Waals surface area contributed by atoms with E-state index in [-0.39, 0.29) is 12.5 Å². The average Bonchev–Trinajstić information content (AvgIpc) is 2.63. The van der Waals surface area contributed by atoms with Crippen LogP contribution in [0.15, 0.2) is 0 Å². The molecule has 0 aromatic rings. The molecule has 0 spiro atoms. The molecule has 1 fully saturated rings. The second kappa shape index (κ2) is 4.96. The van der Waals surface area contributed by atoms with E-state index in [0.29, 0.717) is 12.8 Å². The van der Waals surface area contributed by atoms with E-state index >= 15 is 0 Å². The number of rotatable bonds is 4. The molecule has 1 saturated carbocycles. The largest absolute Gasteiger partial charge is 0.481 e. The molecule has 1 rings (SSSR count). The van der Waals surface area contributed by atoms with E-state index in [4.69, 9.17) is 10.8 Å². The highest BCUT2D eigenvalue weighted by molar-refractivity contribution is 5.88. The SMILES string of the molecule is CN(CC(N)=O)C(=O)[C@@H]1CCC[C@@H]1C(=O)O. The van der Waals surface area contributed by atoms with Crippen molar-refractivity contribution in [1.29, 1.82) is 0 Å². The van der Waals surface area contributed by atoms with Gasteiger partial charge in [0, 0.05) is 7.05 Å². The molecule has 0 bridgehead atoms. The van der Waals surface area contributed by atoms with Crippen molar-refractivity contribution in [2.45, 2.75) is 19.3 Å². The first-order chi connectivity index (χ1) is 7.43. The van der Waals surface area contributed by atoms with Gasteiger partial charge >= 0.3 is 5.97 Å². The average molecular weight is 228 g/mol. The van der Waals surface area contributed by atoms with E-state index in [0.717, 1.165) is 6.42 Å². The van der Waals surface area contributed by atoms with Crippen LogP contribution >= 0.6 is 0 Å². The van der Waals surface area contributed by atoms with Crippen molar-refractivity contribution in [3.05, 3.63) is 0 Å². The Morgan fingerprint density at radius 3 is 2.38 bits per heavy atom. The van der Waals surface area contributed by atoms with E-state index < -0.39 is 23.7 Å². The molecule has 0 aromatic heterocycles. The van der Waals surface area contributed by atoms with Crippen molar-refractivity contribution in [3.8, 4) is 0 Å². The number of hydrogen-bond acceptors (Lipinski definition) is 3. The van der Waals surface area contributed by atoms with Crippen LogP contribution in [0.5, 0.6) is 0 Å². The molecule has 1 aliphatic rings. The highest BCUT2D eigenvalue weighted by atomic mass is 16.4. The normalized spacial score (nSPS) is 24.1. The molecular weight excluding hydrogens is 212 g/mol. The van der Waals surface area contributed by atoms with E-state index in [1.54, 1.807) is 0 Å². The highest BCUT2D eigenvalue weighted by Crippen LogP contribution is 2.33. The molecule has 0 saturated heterocycles. The van der Waals surface area contributed by atoms with Gasteiger partial charge < -0.3 is 15.7 Å². The molecule has 0 radical (unpaired) electrons. The van der Waals surface area contributed by atoms with Gasteiger partial charge in [0.2, 0.25) is 11.8 Å². The zero-order valence-corrected chi connectivity index (χ0v) is 9.18. The number of amides is 2. The third-order valence-electron chi connectivity index (χ3n) is 2.92. The molecule has 0 aromatic carbocycles. The van der Waals surface area contributed by atoms with Crippen LogP contribution in [0.2, 0.25) is 0 Å². The van der Waals surface area contributed by atoms with Crippen LogP contribution in [0.4, 0.5) is 0 Å².